The van der Waals surface area contributed by atoms with Gasteiger partial charge in [-0.05, 0) is 30.7 Å². The molecule has 1 heterocycles. The second kappa shape index (κ2) is 6.44. The van der Waals surface area contributed by atoms with Crippen molar-refractivity contribution in [2.24, 2.45) is 0 Å². The lowest BCUT2D eigenvalue weighted by Gasteiger charge is -2.32. The Kier molecular flexibility index (Phi) is 4.88. The molecule has 4 heteroatoms. The molecule has 0 radical (unpaired) electrons. The topological polar surface area (TPSA) is 32.3 Å². The van der Waals surface area contributed by atoms with E-state index in [0.29, 0.717) is 0 Å². The summed E-state index contributed by atoms with van der Waals surface area (Å²) in [7, 11) is 1.91. The van der Waals surface area contributed by atoms with Gasteiger partial charge in [0.1, 0.15) is 0 Å². The number of nitrogens with zero attached hydrogens (tertiary/aromatic N) is 1. The van der Waals surface area contributed by atoms with E-state index in [-0.39, 0.29) is 18.0 Å². The molecule has 3 nitrogen and oxygen atoms in total. The van der Waals surface area contributed by atoms with Crippen molar-refractivity contribution in [3.63, 3.8) is 0 Å². The van der Waals surface area contributed by atoms with Crippen molar-refractivity contribution in [2.45, 2.75) is 32.0 Å². The van der Waals surface area contributed by atoms with Crippen LogP contribution in [0.5, 0.6) is 0 Å². The molecule has 0 aliphatic carbocycles. The monoisotopic (exact) mass is 278 g/mol. The second-order valence-corrected chi connectivity index (χ2v) is 6.07. The molecule has 1 aromatic carbocycles. The molecule has 0 fully saturated rings. The molecule has 1 amide bonds. The summed E-state index contributed by atoms with van der Waals surface area (Å²) in [6.07, 6.45) is 2.87. The van der Waals surface area contributed by atoms with Gasteiger partial charge in [0.25, 0.3) is 0 Å². The Labute approximate surface area is 119 Å². The highest BCUT2D eigenvalue weighted by Crippen LogP contribution is 2.18. The predicted octanol–water partition coefficient (Wildman–Crippen LogP) is 1.91. The third kappa shape index (κ3) is 3.31. The van der Waals surface area contributed by atoms with E-state index in [1.165, 1.54) is 11.1 Å². The van der Waals surface area contributed by atoms with Crippen molar-refractivity contribution >= 4 is 17.7 Å². The highest BCUT2D eigenvalue weighted by atomic mass is 32.2. The zero-order valence-electron chi connectivity index (χ0n) is 11.8. The van der Waals surface area contributed by atoms with Gasteiger partial charge in [0.2, 0.25) is 5.91 Å². The van der Waals surface area contributed by atoms with Gasteiger partial charge in [-0.25, -0.2) is 0 Å². The van der Waals surface area contributed by atoms with Crippen LogP contribution in [0.2, 0.25) is 0 Å². The molecule has 0 spiro atoms. The summed E-state index contributed by atoms with van der Waals surface area (Å²) in [5.74, 6) is 1.18. The summed E-state index contributed by atoms with van der Waals surface area (Å²) in [5, 5.41) is 3.35. The number of hydrogen-bond acceptors (Lipinski definition) is 3. The van der Waals surface area contributed by atoms with E-state index >= 15 is 0 Å². The van der Waals surface area contributed by atoms with Crippen LogP contribution in [0.3, 0.4) is 0 Å². The fourth-order valence-corrected chi connectivity index (χ4v) is 3.15. The third-order valence-corrected chi connectivity index (χ3v) is 4.61. The Morgan fingerprint density at radius 1 is 1.47 bits per heavy atom. The van der Waals surface area contributed by atoms with E-state index < -0.39 is 0 Å². The molecule has 104 valence electrons. The zero-order chi connectivity index (χ0) is 13.8. The van der Waals surface area contributed by atoms with Gasteiger partial charge in [-0.1, -0.05) is 24.3 Å². The summed E-state index contributed by atoms with van der Waals surface area (Å²) in [6, 6.07) is 8.55. The minimum absolute atomic E-state index is 0.0794. The van der Waals surface area contributed by atoms with Crippen molar-refractivity contribution in [2.75, 3.05) is 19.1 Å². The zero-order valence-corrected chi connectivity index (χ0v) is 12.7. The second-order valence-electron chi connectivity index (χ2n) is 5.16. The van der Waals surface area contributed by atoms with Gasteiger partial charge >= 0.3 is 0 Å². The van der Waals surface area contributed by atoms with E-state index in [4.69, 9.17) is 0 Å². The fourth-order valence-electron chi connectivity index (χ4n) is 2.44. The molecule has 1 unspecified atom stereocenters. The SMILES string of the molecule is CSCC(C)N(C)C(=O)[C@@H]1Cc2ccccc2CN1. The van der Waals surface area contributed by atoms with Crippen molar-refractivity contribution in [1.29, 1.82) is 0 Å². The van der Waals surface area contributed by atoms with Gasteiger partial charge in [0, 0.05) is 25.4 Å². The molecule has 0 bridgehead atoms. The van der Waals surface area contributed by atoms with Crippen LogP contribution in [0.25, 0.3) is 0 Å². The number of amides is 1. The van der Waals surface area contributed by atoms with Crippen molar-refractivity contribution < 1.29 is 4.79 Å². The molecule has 0 saturated carbocycles. The predicted molar refractivity (Wildman–Crippen MR) is 81.4 cm³/mol. The van der Waals surface area contributed by atoms with Crippen LogP contribution >= 0.6 is 11.8 Å². The van der Waals surface area contributed by atoms with Crippen LogP contribution in [0.15, 0.2) is 24.3 Å². The molecule has 2 rings (SSSR count). The minimum Gasteiger partial charge on any atom is -0.341 e. The quantitative estimate of drug-likeness (QED) is 0.913. The van der Waals surface area contributed by atoms with Crippen LogP contribution in [0.4, 0.5) is 0 Å². The summed E-state index contributed by atoms with van der Waals surface area (Å²) in [4.78, 5) is 14.4. The average Bonchev–Trinajstić information content (AvgIpc) is 2.45. The Morgan fingerprint density at radius 2 is 2.16 bits per heavy atom. The summed E-state index contributed by atoms with van der Waals surface area (Å²) < 4.78 is 0. The van der Waals surface area contributed by atoms with E-state index in [1.807, 2.05) is 18.0 Å². The maximum absolute atomic E-state index is 12.5. The normalized spacial score (nSPS) is 19.6. The van der Waals surface area contributed by atoms with Crippen LogP contribution in [0, 0.1) is 0 Å². The summed E-state index contributed by atoms with van der Waals surface area (Å²) in [5.41, 5.74) is 2.61. The van der Waals surface area contributed by atoms with Gasteiger partial charge in [-0.15, -0.1) is 0 Å². The Bertz CT molecular complexity index is 450. The fraction of sp³-hybridized carbons (Fsp3) is 0.533. The van der Waals surface area contributed by atoms with Gasteiger partial charge in [0.15, 0.2) is 0 Å². The van der Waals surface area contributed by atoms with E-state index in [1.54, 1.807) is 11.8 Å². The molecular formula is C15H22N2OS. The number of likely N-dealkylation sites (N-methyl/N-ethyl adjacent to an activating group) is 1. The molecule has 0 saturated heterocycles. The van der Waals surface area contributed by atoms with Crippen LogP contribution in [-0.2, 0) is 17.8 Å². The largest absolute Gasteiger partial charge is 0.341 e. The summed E-state index contributed by atoms with van der Waals surface area (Å²) in [6.45, 7) is 2.89. The highest BCUT2D eigenvalue weighted by molar-refractivity contribution is 7.98. The van der Waals surface area contributed by atoms with Crippen molar-refractivity contribution in [3.05, 3.63) is 35.4 Å². The minimum atomic E-state index is -0.0794. The first-order chi connectivity index (χ1) is 9.13. The van der Waals surface area contributed by atoms with Crippen LogP contribution in [-0.4, -0.2) is 41.9 Å². The van der Waals surface area contributed by atoms with Crippen molar-refractivity contribution in [3.8, 4) is 0 Å². The first-order valence-corrected chi connectivity index (χ1v) is 8.08. The molecule has 1 aliphatic rings. The maximum Gasteiger partial charge on any atom is 0.240 e. The molecule has 2 atom stereocenters. The number of rotatable bonds is 4. The molecule has 0 aromatic heterocycles. The molecule has 1 N–H and O–H groups in total. The Morgan fingerprint density at radius 3 is 2.84 bits per heavy atom. The number of hydrogen-bond donors (Lipinski definition) is 1. The lowest BCUT2D eigenvalue weighted by molar-refractivity contribution is -0.133. The lowest BCUT2D eigenvalue weighted by atomic mass is 9.95. The average molecular weight is 278 g/mol. The third-order valence-electron chi connectivity index (χ3n) is 3.80. The molecule has 1 aromatic rings. The molecule has 19 heavy (non-hydrogen) atoms. The van der Waals surface area contributed by atoms with E-state index in [2.05, 4.69) is 36.7 Å². The number of thioether (sulfide) groups is 1. The first-order valence-electron chi connectivity index (χ1n) is 6.69. The molecular weight excluding hydrogens is 256 g/mol. The van der Waals surface area contributed by atoms with E-state index in [9.17, 15) is 4.79 Å². The summed E-state index contributed by atoms with van der Waals surface area (Å²) >= 11 is 1.78. The van der Waals surface area contributed by atoms with Gasteiger partial charge in [-0.3, -0.25) is 4.79 Å². The number of fused-ring (bicyclic) bond motifs is 1. The number of nitrogens with one attached hydrogen (secondary N) is 1. The van der Waals surface area contributed by atoms with Gasteiger partial charge < -0.3 is 10.2 Å². The van der Waals surface area contributed by atoms with Crippen LogP contribution < -0.4 is 5.32 Å². The van der Waals surface area contributed by atoms with Crippen LogP contribution in [0.1, 0.15) is 18.1 Å². The Balaban J connectivity index is 2.02. The highest BCUT2D eigenvalue weighted by Gasteiger charge is 2.27. The number of benzene rings is 1. The number of carbonyl (C=O) groups is 1. The van der Waals surface area contributed by atoms with Crippen molar-refractivity contribution in [1.82, 2.24) is 10.2 Å². The van der Waals surface area contributed by atoms with Gasteiger partial charge in [-0.2, -0.15) is 11.8 Å². The number of carbonyl (C=O) groups excluding carboxylic acids is 1. The lowest BCUT2D eigenvalue weighted by Crippen LogP contribution is -2.51. The molecule has 1 aliphatic heterocycles. The first kappa shape index (κ1) is 14.4. The smallest absolute Gasteiger partial charge is 0.240 e. The maximum atomic E-state index is 12.5. The van der Waals surface area contributed by atoms with E-state index in [0.717, 1.165) is 18.7 Å². The standard InChI is InChI=1S/C15H22N2OS/c1-11(10-19-3)17(2)15(18)14-8-12-6-4-5-7-13(12)9-16-14/h4-7,11,14,16H,8-10H2,1-3H3/t11?,14-/m0/s1. The van der Waals surface area contributed by atoms with Gasteiger partial charge in [0.05, 0.1) is 6.04 Å². The Hall–Kier alpha value is -1.00.